The normalized spacial score (nSPS) is 15.8. The van der Waals surface area contributed by atoms with Gasteiger partial charge in [0.2, 0.25) is 5.95 Å². The van der Waals surface area contributed by atoms with E-state index in [1.807, 2.05) is 6.07 Å². The Balaban J connectivity index is 1.90. The van der Waals surface area contributed by atoms with E-state index in [-0.39, 0.29) is 0 Å². The van der Waals surface area contributed by atoms with E-state index >= 15 is 0 Å². The number of anilines is 2. The molecule has 0 spiro atoms. The monoisotopic (exact) mass is 324 g/mol. The zero-order valence-electron chi connectivity index (χ0n) is 15.0. The molecule has 1 aromatic heterocycles. The summed E-state index contributed by atoms with van der Waals surface area (Å²) in [5.41, 5.74) is 2.13. The van der Waals surface area contributed by atoms with Gasteiger partial charge in [-0.15, -0.1) is 0 Å². The lowest BCUT2D eigenvalue weighted by atomic mass is 10.00. The molecule has 4 nitrogen and oxygen atoms in total. The highest BCUT2D eigenvalue weighted by Crippen LogP contribution is 2.26. The highest BCUT2D eigenvalue weighted by molar-refractivity contribution is 5.64. The van der Waals surface area contributed by atoms with Gasteiger partial charge in [-0.25, -0.2) is 4.98 Å². The van der Waals surface area contributed by atoms with Crippen molar-refractivity contribution in [3.8, 4) is 11.3 Å². The van der Waals surface area contributed by atoms with Crippen LogP contribution in [0.15, 0.2) is 36.4 Å². The molecule has 0 aliphatic carbocycles. The van der Waals surface area contributed by atoms with Gasteiger partial charge in [-0.3, -0.25) is 0 Å². The van der Waals surface area contributed by atoms with Crippen LogP contribution < -0.4 is 10.2 Å². The highest BCUT2D eigenvalue weighted by Gasteiger charge is 2.19. The maximum atomic E-state index is 4.85. The first-order chi connectivity index (χ1) is 11.6. The minimum Gasteiger partial charge on any atom is -0.370 e. The predicted octanol–water partition coefficient (Wildman–Crippen LogP) is 4.45. The third-order valence-electron chi connectivity index (χ3n) is 4.54. The van der Waals surface area contributed by atoms with Gasteiger partial charge in [0.1, 0.15) is 5.82 Å². The molecule has 4 heteroatoms. The second-order valence-corrected chi connectivity index (χ2v) is 7.25. The Morgan fingerprint density at radius 1 is 1.12 bits per heavy atom. The molecule has 0 atom stereocenters. The van der Waals surface area contributed by atoms with Gasteiger partial charge >= 0.3 is 0 Å². The maximum Gasteiger partial charge on any atom is 0.227 e. The van der Waals surface area contributed by atoms with E-state index in [0.717, 1.165) is 48.6 Å². The fraction of sp³-hybridized carbons (Fsp3) is 0.500. The summed E-state index contributed by atoms with van der Waals surface area (Å²) in [7, 11) is 0. The number of rotatable bonds is 5. The van der Waals surface area contributed by atoms with Crippen LogP contribution in [0.1, 0.15) is 33.6 Å². The van der Waals surface area contributed by atoms with Crippen LogP contribution in [0.5, 0.6) is 0 Å². The van der Waals surface area contributed by atoms with Crippen LogP contribution in [-0.4, -0.2) is 29.6 Å². The fourth-order valence-corrected chi connectivity index (χ4v) is 2.94. The van der Waals surface area contributed by atoms with E-state index in [4.69, 9.17) is 9.97 Å². The lowest BCUT2D eigenvalue weighted by Gasteiger charge is -2.30. The van der Waals surface area contributed by atoms with Crippen LogP contribution in [0, 0.1) is 11.8 Å². The molecule has 1 N–H and O–H groups in total. The summed E-state index contributed by atoms with van der Waals surface area (Å²) in [5.74, 6) is 3.16. The molecule has 128 valence electrons. The molecule has 0 saturated carbocycles. The minimum absolute atomic E-state index is 0.583. The van der Waals surface area contributed by atoms with E-state index in [1.165, 1.54) is 12.8 Å². The Morgan fingerprint density at radius 2 is 1.83 bits per heavy atom. The topological polar surface area (TPSA) is 41.1 Å². The summed E-state index contributed by atoms with van der Waals surface area (Å²) in [5, 5.41) is 3.46. The first kappa shape index (κ1) is 16.7. The van der Waals surface area contributed by atoms with Crippen molar-refractivity contribution in [2.75, 3.05) is 29.9 Å². The average molecular weight is 324 g/mol. The number of nitrogens with zero attached hydrogens (tertiary/aromatic N) is 3. The summed E-state index contributed by atoms with van der Waals surface area (Å²) in [6, 6.07) is 12.4. The summed E-state index contributed by atoms with van der Waals surface area (Å²) < 4.78 is 0. The van der Waals surface area contributed by atoms with Crippen molar-refractivity contribution in [1.29, 1.82) is 0 Å². The molecule has 0 bridgehead atoms. The number of nitrogens with one attached hydrogen (secondary N) is 1. The Bertz CT molecular complexity index is 646. The third kappa shape index (κ3) is 4.25. The summed E-state index contributed by atoms with van der Waals surface area (Å²) in [6.45, 7) is 9.75. The van der Waals surface area contributed by atoms with E-state index in [0.29, 0.717) is 5.92 Å². The molecule has 0 unspecified atom stereocenters. The van der Waals surface area contributed by atoms with E-state index in [9.17, 15) is 0 Å². The van der Waals surface area contributed by atoms with Crippen LogP contribution in [-0.2, 0) is 0 Å². The Kier molecular flexibility index (Phi) is 5.34. The molecule has 2 aromatic rings. The Hall–Kier alpha value is -2.10. The van der Waals surface area contributed by atoms with Gasteiger partial charge in [-0.1, -0.05) is 51.1 Å². The van der Waals surface area contributed by atoms with Crippen molar-refractivity contribution in [2.45, 2.75) is 33.6 Å². The lowest BCUT2D eigenvalue weighted by Crippen LogP contribution is -2.34. The SMILES string of the molecule is CC(C)CNc1cc(-c2ccccc2)nc(N2CCC(C)CC2)n1. The number of hydrogen-bond donors (Lipinski definition) is 1. The van der Waals surface area contributed by atoms with E-state index in [1.54, 1.807) is 0 Å². The van der Waals surface area contributed by atoms with Gasteiger partial charge in [0.25, 0.3) is 0 Å². The first-order valence-electron chi connectivity index (χ1n) is 9.05. The van der Waals surface area contributed by atoms with E-state index in [2.05, 4.69) is 61.3 Å². The predicted molar refractivity (Wildman–Crippen MR) is 101 cm³/mol. The zero-order chi connectivity index (χ0) is 16.9. The number of benzene rings is 1. The smallest absolute Gasteiger partial charge is 0.227 e. The van der Waals surface area contributed by atoms with Gasteiger partial charge in [-0.05, 0) is 24.7 Å². The number of hydrogen-bond acceptors (Lipinski definition) is 4. The third-order valence-corrected chi connectivity index (χ3v) is 4.54. The zero-order valence-corrected chi connectivity index (χ0v) is 15.0. The van der Waals surface area contributed by atoms with Gasteiger partial charge in [0.15, 0.2) is 0 Å². The van der Waals surface area contributed by atoms with Gasteiger partial charge in [-0.2, -0.15) is 4.98 Å². The standard InChI is InChI=1S/C20H28N4/c1-15(2)14-21-19-13-18(17-7-5-4-6-8-17)22-20(23-19)24-11-9-16(3)10-12-24/h4-8,13,15-16H,9-12,14H2,1-3H3,(H,21,22,23). The highest BCUT2D eigenvalue weighted by atomic mass is 15.3. The van der Waals surface area contributed by atoms with Crippen molar-refractivity contribution < 1.29 is 0 Å². The van der Waals surface area contributed by atoms with Crippen LogP contribution in [0.2, 0.25) is 0 Å². The molecule has 1 aliphatic rings. The average Bonchev–Trinajstić information content (AvgIpc) is 2.61. The fourth-order valence-electron chi connectivity index (χ4n) is 2.94. The van der Waals surface area contributed by atoms with Crippen molar-refractivity contribution in [3.63, 3.8) is 0 Å². The molecule has 0 radical (unpaired) electrons. The Morgan fingerprint density at radius 3 is 2.50 bits per heavy atom. The molecule has 2 heterocycles. The second-order valence-electron chi connectivity index (χ2n) is 7.25. The largest absolute Gasteiger partial charge is 0.370 e. The van der Waals surface area contributed by atoms with Gasteiger partial charge in [0, 0.05) is 31.3 Å². The van der Waals surface area contributed by atoms with Crippen LogP contribution >= 0.6 is 0 Å². The Labute approximate surface area is 145 Å². The molecular formula is C20H28N4. The van der Waals surface area contributed by atoms with Crippen LogP contribution in [0.3, 0.4) is 0 Å². The molecule has 3 rings (SSSR count). The summed E-state index contributed by atoms with van der Waals surface area (Å²) in [6.07, 6.45) is 2.43. The molecule has 24 heavy (non-hydrogen) atoms. The van der Waals surface area contributed by atoms with Crippen LogP contribution in [0.25, 0.3) is 11.3 Å². The minimum atomic E-state index is 0.583. The van der Waals surface area contributed by atoms with Crippen molar-refractivity contribution >= 4 is 11.8 Å². The molecule has 0 amide bonds. The van der Waals surface area contributed by atoms with Crippen molar-refractivity contribution in [3.05, 3.63) is 36.4 Å². The van der Waals surface area contributed by atoms with Crippen molar-refractivity contribution in [2.24, 2.45) is 11.8 Å². The molecule has 1 saturated heterocycles. The molecular weight excluding hydrogens is 296 g/mol. The van der Waals surface area contributed by atoms with Crippen LogP contribution in [0.4, 0.5) is 11.8 Å². The number of piperidine rings is 1. The molecule has 1 fully saturated rings. The van der Waals surface area contributed by atoms with Crippen molar-refractivity contribution in [1.82, 2.24) is 9.97 Å². The van der Waals surface area contributed by atoms with E-state index < -0.39 is 0 Å². The molecule has 1 aromatic carbocycles. The molecule has 1 aliphatic heterocycles. The quantitative estimate of drug-likeness (QED) is 0.882. The lowest BCUT2D eigenvalue weighted by molar-refractivity contribution is 0.434. The second kappa shape index (κ2) is 7.65. The number of aromatic nitrogens is 2. The van der Waals surface area contributed by atoms with Gasteiger partial charge in [0.05, 0.1) is 5.69 Å². The maximum absolute atomic E-state index is 4.85. The summed E-state index contributed by atoms with van der Waals surface area (Å²) >= 11 is 0. The summed E-state index contributed by atoms with van der Waals surface area (Å²) in [4.78, 5) is 12.0. The van der Waals surface area contributed by atoms with Gasteiger partial charge < -0.3 is 10.2 Å². The first-order valence-corrected chi connectivity index (χ1v) is 9.05.